The van der Waals surface area contributed by atoms with Crippen molar-refractivity contribution in [1.82, 2.24) is 10.2 Å². The largest absolute Gasteiger partial charge is 0.314 e. The molecule has 2 nitrogen and oxygen atoms in total. The molecule has 2 rings (SSSR count). The molecule has 0 spiro atoms. The minimum Gasteiger partial charge on any atom is -0.314 e. The van der Waals surface area contributed by atoms with Crippen LogP contribution in [0.1, 0.15) is 25.0 Å². The summed E-state index contributed by atoms with van der Waals surface area (Å²) in [4.78, 5) is 2.44. The molecule has 0 aliphatic carbocycles. The molecule has 0 aromatic heterocycles. The SMILES string of the molecule is CC(C)(F)c1ccccc1CCN1CCNCC1. The summed E-state index contributed by atoms with van der Waals surface area (Å²) in [5, 5.41) is 3.35. The van der Waals surface area contributed by atoms with E-state index in [1.807, 2.05) is 18.2 Å². The fraction of sp³-hybridized carbons (Fsp3) is 0.600. The molecule has 1 aromatic carbocycles. The number of halogens is 1. The van der Waals surface area contributed by atoms with Gasteiger partial charge in [0.1, 0.15) is 5.67 Å². The van der Waals surface area contributed by atoms with E-state index in [9.17, 15) is 4.39 Å². The van der Waals surface area contributed by atoms with Crippen LogP contribution in [-0.2, 0) is 12.1 Å². The van der Waals surface area contributed by atoms with Crippen molar-refractivity contribution in [3.05, 3.63) is 35.4 Å². The normalized spacial score (nSPS) is 17.9. The molecule has 0 unspecified atom stereocenters. The Morgan fingerprint density at radius 1 is 1.22 bits per heavy atom. The van der Waals surface area contributed by atoms with Crippen molar-refractivity contribution in [1.29, 1.82) is 0 Å². The van der Waals surface area contributed by atoms with Crippen LogP contribution in [0.5, 0.6) is 0 Å². The quantitative estimate of drug-likeness (QED) is 0.882. The average Bonchev–Trinajstić information content (AvgIpc) is 2.37. The zero-order chi connectivity index (χ0) is 13.0. The van der Waals surface area contributed by atoms with Gasteiger partial charge >= 0.3 is 0 Å². The summed E-state index contributed by atoms with van der Waals surface area (Å²) >= 11 is 0. The first kappa shape index (κ1) is 13.5. The summed E-state index contributed by atoms with van der Waals surface area (Å²) < 4.78 is 14.1. The first-order valence-electron chi connectivity index (χ1n) is 6.78. The van der Waals surface area contributed by atoms with Gasteiger partial charge in [0.15, 0.2) is 0 Å². The predicted molar refractivity (Wildman–Crippen MR) is 73.6 cm³/mol. The lowest BCUT2D eigenvalue weighted by atomic mass is 9.93. The monoisotopic (exact) mass is 250 g/mol. The highest BCUT2D eigenvalue weighted by atomic mass is 19.1. The smallest absolute Gasteiger partial charge is 0.130 e. The van der Waals surface area contributed by atoms with Crippen LogP contribution in [0.25, 0.3) is 0 Å². The molecule has 1 saturated heterocycles. The Balaban J connectivity index is 2.00. The molecule has 100 valence electrons. The third-order valence-electron chi connectivity index (χ3n) is 3.56. The number of alkyl halides is 1. The number of rotatable bonds is 4. The number of piperazine rings is 1. The molecule has 1 heterocycles. The van der Waals surface area contributed by atoms with Crippen molar-refractivity contribution in [3.8, 4) is 0 Å². The molecular formula is C15H23FN2. The van der Waals surface area contributed by atoms with E-state index in [-0.39, 0.29) is 0 Å². The molecule has 1 fully saturated rings. The van der Waals surface area contributed by atoms with Gasteiger partial charge in [0.25, 0.3) is 0 Å². The molecular weight excluding hydrogens is 227 g/mol. The van der Waals surface area contributed by atoms with Crippen molar-refractivity contribution >= 4 is 0 Å². The summed E-state index contributed by atoms with van der Waals surface area (Å²) in [5.41, 5.74) is 0.726. The van der Waals surface area contributed by atoms with Crippen LogP contribution in [0.4, 0.5) is 4.39 Å². The number of hydrogen-bond acceptors (Lipinski definition) is 2. The molecule has 1 N–H and O–H groups in total. The van der Waals surface area contributed by atoms with Gasteiger partial charge < -0.3 is 10.2 Å². The first-order chi connectivity index (χ1) is 8.57. The number of hydrogen-bond donors (Lipinski definition) is 1. The van der Waals surface area contributed by atoms with E-state index in [0.29, 0.717) is 0 Å². The van der Waals surface area contributed by atoms with Gasteiger partial charge in [-0.25, -0.2) is 4.39 Å². The lowest BCUT2D eigenvalue weighted by molar-refractivity contribution is 0.216. The van der Waals surface area contributed by atoms with Gasteiger partial charge in [-0.3, -0.25) is 0 Å². The van der Waals surface area contributed by atoms with E-state index in [2.05, 4.69) is 16.3 Å². The summed E-state index contributed by atoms with van der Waals surface area (Å²) in [7, 11) is 0. The number of nitrogens with zero attached hydrogens (tertiary/aromatic N) is 1. The van der Waals surface area contributed by atoms with Crippen LogP contribution in [0.15, 0.2) is 24.3 Å². The van der Waals surface area contributed by atoms with Crippen LogP contribution in [0, 0.1) is 0 Å². The van der Waals surface area contributed by atoms with E-state index in [1.54, 1.807) is 13.8 Å². The summed E-state index contributed by atoms with van der Waals surface area (Å²) in [6.45, 7) is 8.62. The maximum atomic E-state index is 14.1. The zero-order valence-corrected chi connectivity index (χ0v) is 11.4. The van der Waals surface area contributed by atoms with Gasteiger partial charge in [0.2, 0.25) is 0 Å². The lowest BCUT2D eigenvalue weighted by Crippen LogP contribution is -2.44. The Morgan fingerprint density at radius 3 is 2.56 bits per heavy atom. The highest BCUT2D eigenvalue weighted by molar-refractivity contribution is 5.31. The summed E-state index contributed by atoms with van der Waals surface area (Å²) in [6, 6.07) is 7.89. The van der Waals surface area contributed by atoms with Crippen LogP contribution < -0.4 is 5.32 Å². The van der Waals surface area contributed by atoms with Gasteiger partial charge in [-0.15, -0.1) is 0 Å². The Kier molecular flexibility index (Phi) is 4.36. The molecule has 1 aromatic rings. The fourth-order valence-electron chi connectivity index (χ4n) is 2.53. The van der Waals surface area contributed by atoms with E-state index in [1.165, 1.54) is 0 Å². The maximum Gasteiger partial charge on any atom is 0.130 e. The molecule has 0 bridgehead atoms. The Hall–Kier alpha value is -0.930. The van der Waals surface area contributed by atoms with Crippen LogP contribution in [0.3, 0.4) is 0 Å². The second-order valence-corrected chi connectivity index (χ2v) is 5.47. The Morgan fingerprint density at radius 2 is 1.89 bits per heavy atom. The minimum absolute atomic E-state index is 0.833. The lowest BCUT2D eigenvalue weighted by Gasteiger charge is -2.28. The second-order valence-electron chi connectivity index (χ2n) is 5.47. The number of nitrogens with one attached hydrogen (secondary N) is 1. The van der Waals surface area contributed by atoms with Crippen molar-refractivity contribution in [2.24, 2.45) is 0 Å². The molecule has 18 heavy (non-hydrogen) atoms. The fourth-order valence-corrected chi connectivity index (χ4v) is 2.53. The molecule has 0 saturated carbocycles. The van der Waals surface area contributed by atoms with Gasteiger partial charge in [0, 0.05) is 32.7 Å². The van der Waals surface area contributed by atoms with Crippen molar-refractivity contribution < 1.29 is 4.39 Å². The third kappa shape index (κ3) is 3.53. The van der Waals surface area contributed by atoms with E-state index in [0.717, 1.165) is 50.3 Å². The van der Waals surface area contributed by atoms with Gasteiger partial charge in [-0.1, -0.05) is 24.3 Å². The van der Waals surface area contributed by atoms with Crippen LogP contribution in [-0.4, -0.2) is 37.6 Å². The number of benzene rings is 1. The van der Waals surface area contributed by atoms with Crippen molar-refractivity contribution in [3.63, 3.8) is 0 Å². The first-order valence-corrected chi connectivity index (χ1v) is 6.78. The highest BCUT2D eigenvalue weighted by Gasteiger charge is 2.22. The van der Waals surface area contributed by atoms with E-state index < -0.39 is 5.67 Å². The molecule has 0 amide bonds. The molecule has 1 aliphatic heterocycles. The van der Waals surface area contributed by atoms with Crippen LogP contribution >= 0.6 is 0 Å². The van der Waals surface area contributed by atoms with E-state index >= 15 is 0 Å². The average molecular weight is 250 g/mol. The zero-order valence-electron chi connectivity index (χ0n) is 11.4. The van der Waals surface area contributed by atoms with Gasteiger partial charge in [0.05, 0.1) is 0 Å². The summed E-state index contributed by atoms with van der Waals surface area (Å²) in [6.07, 6.45) is 0.934. The molecule has 1 aliphatic rings. The van der Waals surface area contributed by atoms with Crippen LogP contribution in [0.2, 0.25) is 0 Å². The molecule has 0 atom stereocenters. The topological polar surface area (TPSA) is 15.3 Å². The third-order valence-corrected chi connectivity index (χ3v) is 3.56. The summed E-state index contributed by atoms with van der Waals surface area (Å²) in [5.74, 6) is 0. The Bertz CT molecular complexity index is 378. The molecule has 0 radical (unpaired) electrons. The molecule has 3 heteroatoms. The maximum absolute atomic E-state index is 14.1. The van der Waals surface area contributed by atoms with Gasteiger partial charge in [-0.05, 0) is 31.4 Å². The van der Waals surface area contributed by atoms with Gasteiger partial charge in [-0.2, -0.15) is 0 Å². The minimum atomic E-state index is -1.25. The standard InChI is InChI=1S/C15H23FN2/c1-15(2,16)14-6-4-3-5-13(14)7-10-18-11-8-17-9-12-18/h3-6,17H,7-12H2,1-2H3. The van der Waals surface area contributed by atoms with Crippen molar-refractivity contribution in [2.45, 2.75) is 25.9 Å². The van der Waals surface area contributed by atoms with Crippen molar-refractivity contribution in [2.75, 3.05) is 32.7 Å². The predicted octanol–water partition coefficient (Wildman–Crippen LogP) is 2.34. The Labute approximate surface area is 109 Å². The highest BCUT2D eigenvalue weighted by Crippen LogP contribution is 2.28. The van der Waals surface area contributed by atoms with E-state index in [4.69, 9.17) is 0 Å². The second kappa shape index (κ2) is 5.81.